The highest BCUT2D eigenvalue weighted by Gasteiger charge is 2.16. The fraction of sp³-hybridized carbons (Fsp3) is 0.500. The third-order valence-corrected chi connectivity index (χ3v) is 2.54. The molecule has 0 aliphatic rings. The zero-order valence-corrected chi connectivity index (χ0v) is 10.3. The van der Waals surface area contributed by atoms with Crippen molar-refractivity contribution in [3.8, 4) is 6.07 Å². The number of esters is 1. The highest BCUT2D eigenvalue weighted by molar-refractivity contribution is 8.02. The van der Waals surface area contributed by atoms with Gasteiger partial charge in [-0.2, -0.15) is 5.26 Å². The van der Waals surface area contributed by atoms with E-state index in [9.17, 15) is 9.59 Å². The van der Waals surface area contributed by atoms with E-state index in [1.165, 1.54) is 18.8 Å². The van der Waals surface area contributed by atoms with Gasteiger partial charge in [0.1, 0.15) is 11.6 Å². The summed E-state index contributed by atoms with van der Waals surface area (Å²) in [6, 6.07) is 1.79. The molecular formula is C10H14N2O3S. The van der Waals surface area contributed by atoms with Gasteiger partial charge in [0.05, 0.1) is 13.0 Å². The number of thioether (sulfide) groups is 1. The van der Waals surface area contributed by atoms with Crippen molar-refractivity contribution in [1.82, 2.24) is 5.32 Å². The topological polar surface area (TPSA) is 79.2 Å². The van der Waals surface area contributed by atoms with Crippen LogP contribution in [0, 0.1) is 11.3 Å². The molecule has 0 saturated heterocycles. The molecule has 0 aromatic rings. The first-order valence-corrected chi connectivity index (χ1v) is 5.88. The van der Waals surface area contributed by atoms with Crippen molar-refractivity contribution in [1.29, 1.82) is 5.26 Å². The minimum atomic E-state index is -0.490. The number of likely N-dealkylation sites (N-methyl/N-ethyl adjacent to an activating group) is 1. The number of ether oxygens (including phenoxy) is 1. The molecule has 0 bridgehead atoms. The van der Waals surface area contributed by atoms with Gasteiger partial charge in [0.15, 0.2) is 0 Å². The number of nitriles is 1. The molecule has 1 amide bonds. The van der Waals surface area contributed by atoms with E-state index >= 15 is 0 Å². The van der Waals surface area contributed by atoms with Gasteiger partial charge in [-0.15, -0.1) is 11.8 Å². The molecule has 0 saturated carbocycles. The van der Waals surface area contributed by atoms with Crippen molar-refractivity contribution in [2.45, 2.75) is 13.3 Å². The van der Waals surface area contributed by atoms with E-state index < -0.39 is 11.9 Å². The number of amides is 1. The van der Waals surface area contributed by atoms with Gasteiger partial charge in [0.25, 0.3) is 5.91 Å². The Morgan fingerprint density at radius 3 is 2.50 bits per heavy atom. The molecule has 0 atom stereocenters. The second-order valence-electron chi connectivity index (χ2n) is 2.68. The maximum absolute atomic E-state index is 11.3. The summed E-state index contributed by atoms with van der Waals surface area (Å²) in [6.07, 6.45) is 1.65. The Kier molecular flexibility index (Phi) is 7.05. The van der Waals surface area contributed by atoms with Crippen molar-refractivity contribution in [3.05, 3.63) is 10.5 Å². The Morgan fingerprint density at radius 1 is 1.50 bits per heavy atom. The van der Waals surface area contributed by atoms with Crippen molar-refractivity contribution in [2.24, 2.45) is 0 Å². The Hall–Kier alpha value is -1.48. The molecule has 5 nitrogen and oxygen atoms in total. The molecule has 0 fully saturated rings. The van der Waals surface area contributed by atoms with E-state index in [-0.39, 0.29) is 18.6 Å². The zero-order chi connectivity index (χ0) is 12.6. The second kappa shape index (κ2) is 7.77. The molecule has 0 aromatic heterocycles. The summed E-state index contributed by atoms with van der Waals surface area (Å²) in [5, 5.41) is 11.2. The quantitative estimate of drug-likeness (QED) is 0.439. The summed E-state index contributed by atoms with van der Waals surface area (Å²) in [5.74, 6) is -0.931. The van der Waals surface area contributed by atoms with E-state index in [2.05, 4.69) is 5.32 Å². The Labute approximate surface area is 98.8 Å². The van der Waals surface area contributed by atoms with E-state index in [1.807, 2.05) is 0 Å². The van der Waals surface area contributed by atoms with Gasteiger partial charge in [-0.1, -0.05) is 0 Å². The van der Waals surface area contributed by atoms with Crippen LogP contribution in [0.1, 0.15) is 13.3 Å². The summed E-state index contributed by atoms with van der Waals surface area (Å²) in [4.78, 5) is 23.0. The lowest BCUT2D eigenvalue weighted by atomic mass is 10.2. The highest BCUT2D eigenvalue weighted by Crippen LogP contribution is 2.21. The number of hydrogen-bond donors (Lipinski definition) is 1. The molecule has 0 radical (unpaired) electrons. The van der Waals surface area contributed by atoms with Crippen LogP contribution in [0.2, 0.25) is 0 Å². The van der Waals surface area contributed by atoms with Crippen LogP contribution in [0.5, 0.6) is 0 Å². The SMILES string of the molecule is CCOC(=O)C/C(SC)=C(\C#N)C(=O)NC. The third kappa shape index (κ3) is 4.36. The lowest BCUT2D eigenvalue weighted by Gasteiger charge is -2.06. The van der Waals surface area contributed by atoms with Gasteiger partial charge >= 0.3 is 5.97 Å². The molecule has 0 rings (SSSR count). The first kappa shape index (κ1) is 14.5. The van der Waals surface area contributed by atoms with E-state index in [0.717, 1.165) is 0 Å². The maximum atomic E-state index is 11.3. The molecule has 16 heavy (non-hydrogen) atoms. The fourth-order valence-corrected chi connectivity index (χ4v) is 1.58. The second-order valence-corrected chi connectivity index (χ2v) is 3.58. The summed E-state index contributed by atoms with van der Waals surface area (Å²) < 4.78 is 4.75. The zero-order valence-electron chi connectivity index (χ0n) is 9.49. The molecule has 88 valence electrons. The first-order chi connectivity index (χ1) is 7.60. The minimum Gasteiger partial charge on any atom is -0.466 e. The molecule has 0 aliphatic heterocycles. The summed E-state index contributed by atoms with van der Waals surface area (Å²) in [7, 11) is 1.43. The third-order valence-electron chi connectivity index (χ3n) is 1.70. The monoisotopic (exact) mass is 242 g/mol. The van der Waals surface area contributed by atoms with Crippen LogP contribution in [0.25, 0.3) is 0 Å². The maximum Gasteiger partial charge on any atom is 0.310 e. The number of nitrogens with zero attached hydrogens (tertiary/aromatic N) is 1. The van der Waals surface area contributed by atoms with Gasteiger partial charge in [0.2, 0.25) is 0 Å². The van der Waals surface area contributed by atoms with Crippen LogP contribution in [0.3, 0.4) is 0 Å². The smallest absolute Gasteiger partial charge is 0.310 e. The van der Waals surface area contributed by atoms with Gasteiger partial charge in [0, 0.05) is 12.0 Å². The van der Waals surface area contributed by atoms with Crippen molar-refractivity contribution >= 4 is 23.6 Å². The lowest BCUT2D eigenvalue weighted by Crippen LogP contribution is -2.21. The average Bonchev–Trinajstić information content (AvgIpc) is 2.28. The molecule has 0 aliphatic carbocycles. The fourth-order valence-electron chi connectivity index (χ4n) is 0.970. The lowest BCUT2D eigenvalue weighted by molar-refractivity contribution is -0.142. The number of carbonyl (C=O) groups excluding carboxylic acids is 2. The summed E-state index contributed by atoms with van der Waals surface area (Å²) >= 11 is 1.20. The van der Waals surface area contributed by atoms with Crippen LogP contribution in [-0.2, 0) is 14.3 Å². The van der Waals surface area contributed by atoms with Gasteiger partial charge in [-0.3, -0.25) is 9.59 Å². The minimum absolute atomic E-state index is 0.0388. The van der Waals surface area contributed by atoms with Crippen molar-refractivity contribution in [3.63, 3.8) is 0 Å². The number of hydrogen-bond acceptors (Lipinski definition) is 5. The number of rotatable bonds is 5. The van der Waals surface area contributed by atoms with E-state index in [1.54, 1.807) is 19.2 Å². The van der Waals surface area contributed by atoms with Crippen molar-refractivity contribution in [2.75, 3.05) is 19.9 Å². The predicted octanol–water partition coefficient (Wildman–Crippen LogP) is 0.826. The summed E-state index contributed by atoms with van der Waals surface area (Å²) in [5.41, 5.74) is -0.0388. The summed E-state index contributed by atoms with van der Waals surface area (Å²) in [6.45, 7) is 1.98. The van der Waals surface area contributed by atoms with Crippen LogP contribution < -0.4 is 5.32 Å². The van der Waals surface area contributed by atoms with Crippen LogP contribution in [0.15, 0.2) is 10.5 Å². The van der Waals surface area contributed by atoms with E-state index in [4.69, 9.17) is 10.00 Å². The molecule has 0 spiro atoms. The van der Waals surface area contributed by atoms with Crippen LogP contribution in [-0.4, -0.2) is 31.8 Å². The first-order valence-electron chi connectivity index (χ1n) is 4.65. The molecular weight excluding hydrogens is 228 g/mol. The van der Waals surface area contributed by atoms with Gasteiger partial charge < -0.3 is 10.1 Å². The molecule has 0 aromatic carbocycles. The number of nitrogens with one attached hydrogen (secondary N) is 1. The average molecular weight is 242 g/mol. The Bertz CT molecular complexity index is 344. The molecule has 1 N–H and O–H groups in total. The number of carbonyl (C=O) groups is 2. The largest absolute Gasteiger partial charge is 0.466 e. The normalized spacial score (nSPS) is 11.1. The van der Waals surface area contributed by atoms with E-state index in [0.29, 0.717) is 4.91 Å². The molecule has 0 heterocycles. The van der Waals surface area contributed by atoms with Crippen LogP contribution >= 0.6 is 11.8 Å². The molecule has 0 unspecified atom stereocenters. The van der Waals surface area contributed by atoms with Gasteiger partial charge in [-0.25, -0.2) is 0 Å². The molecule has 6 heteroatoms. The predicted molar refractivity (Wildman–Crippen MR) is 61.5 cm³/mol. The van der Waals surface area contributed by atoms with Gasteiger partial charge in [-0.05, 0) is 13.2 Å². The Balaban J connectivity index is 4.92. The van der Waals surface area contributed by atoms with Crippen molar-refractivity contribution < 1.29 is 14.3 Å². The van der Waals surface area contributed by atoms with Crippen LogP contribution in [0.4, 0.5) is 0 Å². The Morgan fingerprint density at radius 2 is 2.12 bits per heavy atom. The standard InChI is InChI=1S/C10H14N2O3S/c1-4-15-9(13)5-8(16-3)7(6-11)10(14)12-2/h4-5H2,1-3H3,(H,12,14)/b8-7-. The highest BCUT2D eigenvalue weighted by atomic mass is 32.2.